The largest absolute Gasteiger partial charge is 0.481 e. The van der Waals surface area contributed by atoms with Crippen molar-refractivity contribution in [3.63, 3.8) is 0 Å². The van der Waals surface area contributed by atoms with Crippen molar-refractivity contribution in [3.8, 4) is 0 Å². The molecule has 0 aromatic heterocycles. The molecule has 0 unspecified atom stereocenters. The lowest BCUT2D eigenvalue weighted by Crippen LogP contribution is -2.37. The van der Waals surface area contributed by atoms with Crippen molar-refractivity contribution in [1.29, 1.82) is 0 Å². The number of carboxylic acid groups (broad SMARTS) is 1. The van der Waals surface area contributed by atoms with Crippen molar-refractivity contribution in [2.24, 2.45) is 0 Å². The highest BCUT2D eigenvalue weighted by Crippen LogP contribution is 2.23. The summed E-state index contributed by atoms with van der Waals surface area (Å²) in [7, 11) is 0. The van der Waals surface area contributed by atoms with Crippen molar-refractivity contribution < 1.29 is 23.8 Å². The van der Waals surface area contributed by atoms with Crippen LogP contribution in [-0.4, -0.2) is 47.4 Å². The van der Waals surface area contributed by atoms with Crippen LogP contribution in [0.1, 0.15) is 12.8 Å². The minimum atomic E-state index is -1.18. The van der Waals surface area contributed by atoms with Crippen LogP contribution in [0.15, 0.2) is 12.7 Å². The van der Waals surface area contributed by atoms with Gasteiger partial charge in [0.1, 0.15) is 12.8 Å². The zero-order valence-corrected chi connectivity index (χ0v) is 8.76. The van der Waals surface area contributed by atoms with Gasteiger partial charge in [-0.05, 0) is 0 Å². The second-order valence-corrected chi connectivity index (χ2v) is 3.60. The van der Waals surface area contributed by atoms with E-state index in [0.717, 1.165) is 4.90 Å². The summed E-state index contributed by atoms with van der Waals surface area (Å²) in [4.78, 5) is 23.1. The van der Waals surface area contributed by atoms with E-state index in [1.165, 1.54) is 6.08 Å². The van der Waals surface area contributed by atoms with Gasteiger partial charge in [-0.3, -0.25) is 4.79 Å². The summed E-state index contributed by atoms with van der Waals surface area (Å²) in [6, 6.07) is -0.621. The summed E-state index contributed by atoms with van der Waals surface area (Å²) in [5.41, 5.74) is 0. The highest BCUT2D eigenvalue weighted by Gasteiger charge is 2.37. The second-order valence-electron chi connectivity index (χ2n) is 3.60. The van der Waals surface area contributed by atoms with Crippen LogP contribution in [0.4, 0.5) is 9.18 Å². The third kappa shape index (κ3) is 3.22. The van der Waals surface area contributed by atoms with E-state index in [0.29, 0.717) is 0 Å². The van der Waals surface area contributed by atoms with E-state index >= 15 is 0 Å². The molecular weight excluding hydrogens is 217 g/mol. The smallest absolute Gasteiger partial charge is 0.410 e. The lowest BCUT2D eigenvalue weighted by molar-refractivity contribution is -0.138. The Balaban J connectivity index is 2.57. The van der Waals surface area contributed by atoms with Crippen LogP contribution in [0.25, 0.3) is 0 Å². The van der Waals surface area contributed by atoms with E-state index in [-0.39, 0.29) is 26.0 Å². The molecule has 16 heavy (non-hydrogen) atoms. The van der Waals surface area contributed by atoms with Gasteiger partial charge in [-0.1, -0.05) is 12.7 Å². The van der Waals surface area contributed by atoms with Gasteiger partial charge < -0.3 is 14.7 Å². The number of amides is 1. The van der Waals surface area contributed by atoms with E-state index in [1.54, 1.807) is 0 Å². The number of halogens is 1. The number of ether oxygens (including phenoxy) is 1. The van der Waals surface area contributed by atoms with Gasteiger partial charge in [0.2, 0.25) is 0 Å². The number of hydrogen-bond acceptors (Lipinski definition) is 3. The van der Waals surface area contributed by atoms with Crippen LogP contribution < -0.4 is 0 Å². The normalized spacial score (nSPS) is 24.2. The highest BCUT2D eigenvalue weighted by molar-refractivity contribution is 5.72. The first-order valence-electron chi connectivity index (χ1n) is 4.94. The number of nitrogens with zero attached hydrogens (tertiary/aromatic N) is 1. The zero-order valence-electron chi connectivity index (χ0n) is 8.76. The van der Waals surface area contributed by atoms with Gasteiger partial charge in [0.05, 0.1) is 13.0 Å². The molecule has 0 radical (unpaired) electrons. The molecule has 1 amide bonds. The molecule has 1 rings (SSSR count). The Bertz CT molecular complexity index is 295. The van der Waals surface area contributed by atoms with Gasteiger partial charge in [-0.25, -0.2) is 9.18 Å². The highest BCUT2D eigenvalue weighted by atomic mass is 19.1. The molecule has 0 saturated carbocycles. The van der Waals surface area contributed by atoms with Gasteiger partial charge in [0.15, 0.2) is 0 Å². The molecule has 2 atom stereocenters. The molecule has 0 spiro atoms. The SMILES string of the molecule is C=CCOC(=O)N1C[C@@H](F)C[C@H]1CC(=O)O. The van der Waals surface area contributed by atoms with E-state index < -0.39 is 24.3 Å². The first-order valence-corrected chi connectivity index (χ1v) is 4.94. The van der Waals surface area contributed by atoms with Crippen LogP contribution >= 0.6 is 0 Å². The zero-order chi connectivity index (χ0) is 12.1. The monoisotopic (exact) mass is 231 g/mol. The summed E-state index contributed by atoms with van der Waals surface area (Å²) in [5.74, 6) is -1.05. The molecule has 90 valence electrons. The Morgan fingerprint density at radius 2 is 2.31 bits per heavy atom. The number of likely N-dealkylation sites (tertiary alicyclic amines) is 1. The predicted molar refractivity (Wildman–Crippen MR) is 53.8 cm³/mol. The average Bonchev–Trinajstić information content (AvgIpc) is 2.55. The lowest BCUT2D eigenvalue weighted by Gasteiger charge is -2.21. The molecule has 0 bridgehead atoms. The Labute approximate surface area is 92.5 Å². The van der Waals surface area contributed by atoms with Crippen molar-refractivity contribution in [3.05, 3.63) is 12.7 Å². The number of rotatable bonds is 4. The second kappa shape index (κ2) is 5.48. The summed E-state index contributed by atoms with van der Waals surface area (Å²) >= 11 is 0. The third-order valence-electron chi connectivity index (χ3n) is 2.33. The maximum Gasteiger partial charge on any atom is 0.410 e. The Kier molecular flexibility index (Phi) is 4.28. The van der Waals surface area contributed by atoms with Crippen LogP contribution in [0.2, 0.25) is 0 Å². The van der Waals surface area contributed by atoms with Crippen molar-refractivity contribution in [2.75, 3.05) is 13.2 Å². The fourth-order valence-corrected chi connectivity index (χ4v) is 1.69. The minimum absolute atomic E-state index is 0.0338. The molecular formula is C10H14FNO4. The first-order chi connectivity index (χ1) is 7.54. The molecule has 1 aliphatic heterocycles. The Morgan fingerprint density at radius 3 is 2.88 bits per heavy atom. The van der Waals surface area contributed by atoms with Crippen LogP contribution in [-0.2, 0) is 9.53 Å². The topological polar surface area (TPSA) is 66.8 Å². The van der Waals surface area contributed by atoms with Crippen LogP contribution in [0, 0.1) is 0 Å². The first kappa shape index (κ1) is 12.5. The van der Waals surface area contributed by atoms with Gasteiger partial charge in [0, 0.05) is 12.5 Å². The van der Waals surface area contributed by atoms with E-state index in [9.17, 15) is 14.0 Å². The number of aliphatic carboxylic acids is 1. The fourth-order valence-electron chi connectivity index (χ4n) is 1.69. The molecule has 0 aromatic rings. The molecule has 1 N–H and O–H groups in total. The number of carbonyl (C=O) groups is 2. The van der Waals surface area contributed by atoms with Crippen molar-refractivity contribution >= 4 is 12.1 Å². The van der Waals surface area contributed by atoms with E-state index in [1.807, 2.05) is 0 Å². The molecule has 0 aromatic carbocycles. The Hall–Kier alpha value is -1.59. The third-order valence-corrected chi connectivity index (χ3v) is 2.33. The molecule has 5 nitrogen and oxygen atoms in total. The van der Waals surface area contributed by atoms with E-state index in [2.05, 4.69) is 6.58 Å². The van der Waals surface area contributed by atoms with Gasteiger partial charge in [0.25, 0.3) is 0 Å². The van der Waals surface area contributed by atoms with Gasteiger partial charge >= 0.3 is 12.1 Å². The van der Waals surface area contributed by atoms with Crippen LogP contribution in [0.3, 0.4) is 0 Å². The standard InChI is InChI=1S/C10H14FNO4/c1-2-3-16-10(15)12-6-7(11)4-8(12)5-9(13)14/h2,7-8H,1,3-6H2,(H,13,14)/t7-,8-/m0/s1. The predicted octanol–water partition coefficient (Wildman–Crippen LogP) is 1.20. The van der Waals surface area contributed by atoms with Gasteiger partial charge in [-0.2, -0.15) is 0 Å². The van der Waals surface area contributed by atoms with Gasteiger partial charge in [-0.15, -0.1) is 0 Å². The average molecular weight is 231 g/mol. The number of carbonyl (C=O) groups excluding carboxylic acids is 1. The van der Waals surface area contributed by atoms with Crippen molar-refractivity contribution in [2.45, 2.75) is 25.1 Å². The van der Waals surface area contributed by atoms with Crippen LogP contribution in [0.5, 0.6) is 0 Å². The maximum absolute atomic E-state index is 13.1. The molecule has 1 saturated heterocycles. The Morgan fingerprint density at radius 1 is 1.62 bits per heavy atom. The lowest BCUT2D eigenvalue weighted by atomic mass is 10.1. The summed E-state index contributed by atoms with van der Waals surface area (Å²) in [6.45, 7) is 3.31. The summed E-state index contributed by atoms with van der Waals surface area (Å²) < 4.78 is 17.8. The number of carboxylic acids is 1. The minimum Gasteiger partial charge on any atom is -0.481 e. The maximum atomic E-state index is 13.1. The number of hydrogen-bond donors (Lipinski definition) is 1. The molecule has 1 heterocycles. The molecule has 0 aliphatic carbocycles. The number of alkyl halides is 1. The summed E-state index contributed by atoms with van der Waals surface area (Å²) in [5, 5.41) is 8.62. The molecule has 6 heteroatoms. The molecule has 1 fully saturated rings. The van der Waals surface area contributed by atoms with Crippen molar-refractivity contribution in [1.82, 2.24) is 4.90 Å². The quantitative estimate of drug-likeness (QED) is 0.738. The van der Waals surface area contributed by atoms with E-state index in [4.69, 9.17) is 9.84 Å². The fraction of sp³-hybridized carbons (Fsp3) is 0.600. The summed E-state index contributed by atoms with van der Waals surface area (Å²) in [6.07, 6.45) is -0.682. The molecule has 1 aliphatic rings.